The standard InChI is InChI=1S/C31H30F2/c1-3-5-6-7-9-28-22-23-29(31(33)30(28)32)21-20-27-18-16-26(17-19-27)15-14-25-12-10-24(8-4-2)11-13-25/h10-13,16-19,22-23H,3-9H2,1-2H3. The van der Waals surface area contributed by atoms with Gasteiger partial charge in [-0.25, -0.2) is 8.78 Å². The molecule has 0 radical (unpaired) electrons. The Kier molecular flexibility index (Phi) is 9.29. The first-order valence-corrected chi connectivity index (χ1v) is 11.8. The maximum Gasteiger partial charge on any atom is 0.174 e. The van der Waals surface area contributed by atoms with Crippen molar-refractivity contribution in [2.24, 2.45) is 0 Å². The highest BCUT2D eigenvalue weighted by Crippen LogP contribution is 2.18. The van der Waals surface area contributed by atoms with Crippen LogP contribution in [0, 0.1) is 35.3 Å². The molecule has 3 aromatic rings. The molecule has 0 atom stereocenters. The summed E-state index contributed by atoms with van der Waals surface area (Å²) in [4.78, 5) is 0. The minimum Gasteiger partial charge on any atom is -0.203 e. The van der Waals surface area contributed by atoms with Gasteiger partial charge in [-0.15, -0.1) is 0 Å². The average Bonchev–Trinajstić information content (AvgIpc) is 2.84. The average molecular weight is 441 g/mol. The van der Waals surface area contributed by atoms with E-state index in [0.29, 0.717) is 12.0 Å². The molecule has 168 valence electrons. The predicted octanol–water partition coefficient (Wildman–Crippen LogP) is 7.84. The van der Waals surface area contributed by atoms with Crippen LogP contribution in [0.4, 0.5) is 8.78 Å². The molecular formula is C31H30F2. The zero-order valence-corrected chi connectivity index (χ0v) is 19.5. The van der Waals surface area contributed by atoms with Crippen LogP contribution in [-0.2, 0) is 12.8 Å². The van der Waals surface area contributed by atoms with E-state index >= 15 is 0 Å². The molecule has 0 spiro atoms. The lowest BCUT2D eigenvalue weighted by Crippen LogP contribution is -1.98. The summed E-state index contributed by atoms with van der Waals surface area (Å²) >= 11 is 0. The lowest BCUT2D eigenvalue weighted by Gasteiger charge is -2.05. The fourth-order valence-electron chi connectivity index (χ4n) is 3.59. The maximum absolute atomic E-state index is 14.4. The highest BCUT2D eigenvalue weighted by Gasteiger charge is 2.11. The third kappa shape index (κ3) is 7.34. The minimum atomic E-state index is -0.858. The maximum atomic E-state index is 14.4. The quantitative estimate of drug-likeness (QED) is 0.259. The Labute approximate surface area is 197 Å². The van der Waals surface area contributed by atoms with Gasteiger partial charge in [0.15, 0.2) is 11.6 Å². The summed E-state index contributed by atoms with van der Waals surface area (Å²) in [5, 5.41) is 0. The molecule has 3 rings (SSSR count). The number of rotatable bonds is 7. The van der Waals surface area contributed by atoms with Crippen molar-refractivity contribution in [3.63, 3.8) is 0 Å². The Hall–Kier alpha value is -3.36. The highest BCUT2D eigenvalue weighted by molar-refractivity contribution is 5.48. The molecule has 0 aromatic heterocycles. The summed E-state index contributed by atoms with van der Waals surface area (Å²) in [5.41, 5.74) is 4.42. The molecule has 0 unspecified atom stereocenters. The molecule has 0 heterocycles. The zero-order chi connectivity index (χ0) is 23.5. The van der Waals surface area contributed by atoms with Gasteiger partial charge in [0.25, 0.3) is 0 Å². The third-order valence-electron chi connectivity index (χ3n) is 5.53. The second kappa shape index (κ2) is 12.6. The van der Waals surface area contributed by atoms with E-state index in [4.69, 9.17) is 0 Å². The van der Waals surface area contributed by atoms with Crippen molar-refractivity contribution >= 4 is 0 Å². The highest BCUT2D eigenvalue weighted by atomic mass is 19.2. The van der Waals surface area contributed by atoms with Crippen LogP contribution >= 0.6 is 0 Å². The van der Waals surface area contributed by atoms with Crippen molar-refractivity contribution in [2.45, 2.75) is 58.8 Å². The van der Waals surface area contributed by atoms with Crippen molar-refractivity contribution in [3.05, 3.63) is 106 Å². The molecule has 0 nitrogen and oxygen atoms in total. The van der Waals surface area contributed by atoms with Gasteiger partial charge in [0.2, 0.25) is 0 Å². The van der Waals surface area contributed by atoms with Crippen molar-refractivity contribution in [2.75, 3.05) is 0 Å². The molecule has 0 fully saturated rings. The van der Waals surface area contributed by atoms with Gasteiger partial charge < -0.3 is 0 Å². The molecule has 0 aliphatic heterocycles. The van der Waals surface area contributed by atoms with Gasteiger partial charge in [-0.2, -0.15) is 0 Å². The zero-order valence-electron chi connectivity index (χ0n) is 19.5. The normalized spacial score (nSPS) is 10.2. The van der Waals surface area contributed by atoms with E-state index in [1.54, 1.807) is 12.1 Å². The predicted molar refractivity (Wildman–Crippen MR) is 133 cm³/mol. The first-order valence-electron chi connectivity index (χ1n) is 11.8. The minimum absolute atomic E-state index is 0.0835. The van der Waals surface area contributed by atoms with Gasteiger partial charge >= 0.3 is 0 Å². The molecule has 0 bridgehead atoms. The van der Waals surface area contributed by atoms with Crippen LogP contribution in [0.5, 0.6) is 0 Å². The fourth-order valence-corrected chi connectivity index (χ4v) is 3.59. The summed E-state index contributed by atoms with van der Waals surface area (Å²) < 4.78 is 28.8. The van der Waals surface area contributed by atoms with Crippen LogP contribution in [0.3, 0.4) is 0 Å². The topological polar surface area (TPSA) is 0 Å². The molecule has 0 saturated carbocycles. The van der Waals surface area contributed by atoms with E-state index in [1.807, 2.05) is 36.4 Å². The molecule has 0 aliphatic rings. The number of hydrogen-bond donors (Lipinski definition) is 0. The van der Waals surface area contributed by atoms with Gasteiger partial charge in [-0.3, -0.25) is 0 Å². The van der Waals surface area contributed by atoms with Crippen molar-refractivity contribution in [3.8, 4) is 23.7 Å². The van der Waals surface area contributed by atoms with Gasteiger partial charge in [0, 0.05) is 16.7 Å². The number of hydrogen-bond acceptors (Lipinski definition) is 0. The number of unbranched alkanes of at least 4 members (excludes halogenated alkanes) is 3. The Morgan fingerprint density at radius 3 is 1.70 bits per heavy atom. The summed E-state index contributed by atoms with van der Waals surface area (Å²) in [5.74, 6) is 10.4. The molecular weight excluding hydrogens is 410 g/mol. The summed E-state index contributed by atoms with van der Waals surface area (Å²) in [6.45, 7) is 4.30. The summed E-state index contributed by atoms with van der Waals surface area (Å²) in [6, 6.07) is 19.0. The van der Waals surface area contributed by atoms with Crippen LogP contribution in [0.1, 0.15) is 79.3 Å². The smallest absolute Gasteiger partial charge is 0.174 e. The Balaban J connectivity index is 1.65. The van der Waals surface area contributed by atoms with E-state index in [1.165, 1.54) is 5.56 Å². The van der Waals surface area contributed by atoms with Crippen LogP contribution < -0.4 is 0 Å². The Bertz CT molecular complexity index is 1160. The van der Waals surface area contributed by atoms with E-state index in [2.05, 4.69) is 49.7 Å². The first-order chi connectivity index (χ1) is 16.1. The fraction of sp³-hybridized carbons (Fsp3) is 0.290. The van der Waals surface area contributed by atoms with Crippen LogP contribution in [0.25, 0.3) is 0 Å². The molecule has 0 saturated heterocycles. The lowest BCUT2D eigenvalue weighted by molar-refractivity contribution is 0.493. The van der Waals surface area contributed by atoms with Crippen LogP contribution in [-0.4, -0.2) is 0 Å². The second-order valence-corrected chi connectivity index (χ2v) is 8.24. The van der Waals surface area contributed by atoms with Gasteiger partial charge in [0.1, 0.15) is 0 Å². The second-order valence-electron chi connectivity index (χ2n) is 8.24. The molecule has 0 amide bonds. The first kappa shape index (κ1) is 24.3. The van der Waals surface area contributed by atoms with Crippen LogP contribution in [0.15, 0.2) is 60.7 Å². The van der Waals surface area contributed by atoms with Crippen molar-refractivity contribution in [1.82, 2.24) is 0 Å². The van der Waals surface area contributed by atoms with E-state index in [-0.39, 0.29) is 5.56 Å². The molecule has 33 heavy (non-hydrogen) atoms. The number of aryl methyl sites for hydroxylation is 2. The van der Waals surface area contributed by atoms with E-state index < -0.39 is 11.6 Å². The lowest BCUT2D eigenvalue weighted by atomic mass is 10.0. The monoisotopic (exact) mass is 440 g/mol. The Morgan fingerprint density at radius 1 is 0.545 bits per heavy atom. The summed E-state index contributed by atoms with van der Waals surface area (Å²) in [6.07, 6.45) is 6.90. The SMILES string of the molecule is CCCCCCc1ccc(C#Cc2ccc(C#Cc3ccc(CCC)cc3)cc2)c(F)c1F. The van der Waals surface area contributed by atoms with Crippen LogP contribution in [0.2, 0.25) is 0 Å². The van der Waals surface area contributed by atoms with Gasteiger partial charge in [0.05, 0.1) is 5.56 Å². The van der Waals surface area contributed by atoms with Crippen molar-refractivity contribution in [1.29, 1.82) is 0 Å². The molecule has 3 aromatic carbocycles. The van der Waals surface area contributed by atoms with Gasteiger partial charge in [-0.1, -0.05) is 81.4 Å². The molecule has 0 aliphatic carbocycles. The number of benzene rings is 3. The van der Waals surface area contributed by atoms with Gasteiger partial charge in [-0.05, 0) is 72.9 Å². The van der Waals surface area contributed by atoms with E-state index in [9.17, 15) is 8.78 Å². The van der Waals surface area contributed by atoms with Crippen molar-refractivity contribution < 1.29 is 8.78 Å². The third-order valence-corrected chi connectivity index (χ3v) is 5.53. The van der Waals surface area contributed by atoms with E-state index in [0.717, 1.165) is 55.2 Å². The summed E-state index contributed by atoms with van der Waals surface area (Å²) in [7, 11) is 0. The number of halogens is 2. The Morgan fingerprint density at radius 2 is 1.12 bits per heavy atom. The largest absolute Gasteiger partial charge is 0.203 e. The molecule has 2 heteroatoms. The molecule has 0 N–H and O–H groups in total.